The van der Waals surface area contributed by atoms with Gasteiger partial charge < -0.3 is 9.84 Å². The molecule has 21 heavy (non-hydrogen) atoms. The zero-order chi connectivity index (χ0) is 15.9. The van der Waals surface area contributed by atoms with Crippen molar-refractivity contribution in [3.63, 3.8) is 0 Å². The third-order valence-corrected chi connectivity index (χ3v) is 4.28. The topological polar surface area (TPSA) is 46.5 Å². The van der Waals surface area contributed by atoms with Gasteiger partial charge in [0.2, 0.25) is 0 Å². The van der Waals surface area contributed by atoms with Gasteiger partial charge in [-0.3, -0.25) is 4.79 Å². The Morgan fingerprint density at radius 1 is 1.38 bits per heavy atom. The Morgan fingerprint density at radius 2 is 2.05 bits per heavy atom. The van der Waals surface area contributed by atoms with Gasteiger partial charge >= 0.3 is 5.97 Å². The maximum Gasteiger partial charge on any atom is 0.309 e. The maximum absolute atomic E-state index is 11.4. The summed E-state index contributed by atoms with van der Waals surface area (Å²) >= 11 is 0. The van der Waals surface area contributed by atoms with Gasteiger partial charge in [-0.2, -0.15) is 0 Å². The highest BCUT2D eigenvalue weighted by molar-refractivity contribution is 5.71. The highest BCUT2D eigenvalue weighted by atomic mass is 16.5. The van der Waals surface area contributed by atoms with Crippen LogP contribution in [0.2, 0.25) is 0 Å². The number of ether oxygens (including phenoxy) is 1. The molecule has 0 saturated heterocycles. The third-order valence-electron chi connectivity index (χ3n) is 4.28. The number of carbonyl (C=O) groups excluding carboxylic acids is 1. The summed E-state index contributed by atoms with van der Waals surface area (Å²) in [6.45, 7) is 8.94. The van der Waals surface area contributed by atoms with E-state index >= 15 is 0 Å². The van der Waals surface area contributed by atoms with Gasteiger partial charge in [-0.15, -0.1) is 0 Å². The molecule has 0 aromatic heterocycles. The minimum Gasteiger partial charge on any atom is -0.466 e. The summed E-state index contributed by atoms with van der Waals surface area (Å²) in [6, 6.07) is 0. The fraction of sp³-hybridized carbons (Fsp3) is 0.833. The van der Waals surface area contributed by atoms with Crippen LogP contribution in [0.4, 0.5) is 0 Å². The molecule has 0 amide bonds. The van der Waals surface area contributed by atoms with Crippen LogP contribution < -0.4 is 0 Å². The van der Waals surface area contributed by atoms with Crippen LogP contribution in [-0.4, -0.2) is 23.3 Å². The van der Waals surface area contributed by atoms with Crippen molar-refractivity contribution in [2.45, 2.75) is 78.2 Å². The van der Waals surface area contributed by atoms with Crippen LogP contribution in [0, 0.1) is 11.8 Å². The number of carbonyl (C=O) groups is 1. The first-order chi connectivity index (χ1) is 9.88. The molecule has 0 spiro atoms. The summed E-state index contributed by atoms with van der Waals surface area (Å²) in [5, 5.41) is 10.2. The van der Waals surface area contributed by atoms with Crippen LogP contribution >= 0.6 is 0 Å². The van der Waals surface area contributed by atoms with E-state index in [9.17, 15) is 9.90 Å². The van der Waals surface area contributed by atoms with Crippen LogP contribution in [0.1, 0.15) is 72.6 Å². The predicted octanol–water partition coefficient (Wildman–Crippen LogP) is 4.24. The minimum atomic E-state index is -0.947. The molecule has 2 atom stereocenters. The summed E-state index contributed by atoms with van der Waals surface area (Å²) in [7, 11) is 0. The Balaban J connectivity index is 2.35. The highest BCUT2D eigenvalue weighted by Gasteiger charge is 2.37. The molecule has 0 bridgehead atoms. The molecule has 3 heteroatoms. The molecule has 0 heterocycles. The summed E-state index contributed by atoms with van der Waals surface area (Å²) < 4.78 is 4.90. The average molecular weight is 296 g/mol. The molecule has 1 N–H and O–H groups in total. The lowest BCUT2D eigenvalue weighted by Crippen LogP contribution is -2.38. The van der Waals surface area contributed by atoms with Crippen molar-refractivity contribution in [2.75, 3.05) is 6.61 Å². The van der Waals surface area contributed by atoms with Crippen molar-refractivity contribution in [2.24, 2.45) is 11.8 Å². The largest absolute Gasteiger partial charge is 0.466 e. The molecule has 0 radical (unpaired) electrons. The zero-order valence-electron chi connectivity index (χ0n) is 14.2. The van der Waals surface area contributed by atoms with Crippen LogP contribution in [-0.2, 0) is 9.53 Å². The highest BCUT2D eigenvalue weighted by Crippen LogP contribution is 2.38. The summed E-state index contributed by atoms with van der Waals surface area (Å²) in [5.74, 6) is 1.18. The number of hydrogen-bond donors (Lipinski definition) is 1. The first-order valence-corrected chi connectivity index (χ1v) is 8.47. The smallest absolute Gasteiger partial charge is 0.309 e. The molecule has 0 aromatic rings. The Morgan fingerprint density at radius 3 is 2.57 bits per heavy atom. The molecule has 1 rings (SSSR count). The fourth-order valence-corrected chi connectivity index (χ4v) is 3.09. The van der Waals surface area contributed by atoms with E-state index in [0.29, 0.717) is 18.9 Å². The maximum atomic E-state index is 11.4. The van der Waals surface area contributed by atoms with Gasteiger partial charge in [0, 0.05) is 6.42 Å². The van der Waals surface area contributed by atoms with E-state index in [0.717, 1.165) is 12.3 Å². The van der Waals surface area contributed by atoms with Crippen molar-refractivity contribution >= 4 is 5.97 Å². The second-order valence-corrected chi connectivity index (χ2v) is 6.87. The van der Waals surface area contributed by atoms with E-state index in [-0.39, 0.29) is 12.4 Å². The van der Waals surface area contributed by atoms with E-state index < -0.39 is 5.60 Å². The summed E-state index contributed by atoms with van der Waals surface area (Å²) in [4.78, 5) is 11.4. The van der Waals surface area contributed by atoms with Crippen LogP contribution in [0.3, 0.4) is 0 Å². The number of aliphatic hydroxyl groups is 1. The standard InChI is InChI=1S/C18H32O3/c1-5-15(9-7-8-14(3)4)10-16-11-18(20,12-16)13-17(19)21-6-2/h11,14-15,20H,5-10,12-13H2,1-4H3. The van der Waals surface area contributed by atoms with E-state index in [1.165, 1.54) is 31.3 Å². The molecular formula is C18H32O3. The van der Waals surface area contributed by atoms with Crippen LogP contribution in [0.15, 0.2) is 11.6 Å². The molecule has 2 unspecified atom stereocenters. The lowest BCUT2D eigenvalue weighted by atomic mass is 9.75. The second-order valence-electron chi connectivity index (χ2n) is 6.87. The summed E-state index contributed by atoms with van der Waals surface area (Å²) in [5.41, 5.74) is 0.357. The molecular weight excluding hydrogens is 264 g/mol. The van der Waals surface area contributed by atoms with Gasteiger partial charge in [-0.05, 0) is 25.2 Å². The predicted molar refractivity (Wildman–Crippen MR) is 86.0 cm³/mol. The normalized spacial score (nSPS) is 22.7. The van der Waals surface area contributed by atoms with Gasteiger partial charge in [0.05, 0.1) is 18.6 Å². The van der Waals surface area contributed by atoms with Gasteiger partial charge in [-0.1, -0.05) is 58.1 Å². The second kappa shape index (κ2) is 8.57. The molecule has 1 aliphatic rings. The van der Waals surface area contributed by atoms with Gasteiger partial charge in [0.15, 0.2) is 0 Å². The molecule has 0 fully saturated rings. The minimum absolute atomic E-state index is 0.0917. The van der Waals surface area contributed by atoms with E-state index in [4.69, 9.17) is 4.74 Å². The van der Waals surface area contributed by atoms with Crippen molar-refractivity contribution in [1.29, 1.82) is 0 Å². The Kier molecular flexibility index (Phi) is 7.44. The Labute approximate surface area is 129 Å². The number of esters is 1. The summed E-state index contributed by atoms with van der Waals surface area (Å²) in [6.07, 6.45) is 8.71. The van der Waals surface area contributed by atoms with Gasteiger partial charge in [-0.25, -0.2) is 0 Å². The molecule has 1 aliphatic carbocycles. The van der Waals surface area contributed by atoms with E-state index in [1.54, 1.807) is 6.92 Å². The number of hydrogen-bond acceptors (Lipinski definition) is 3. The van der Waals surface area contributed by atoms with Crippen molar-refractivity contribution < 1.29 is 14.6 Å². The van der Waals surface area contributed by atoms with Crippen molar-refractivity contribution in [3.05, 3.63) is 11.6 Å². The number of rotatable bonds is 10. The Bertz CT molecular complexity index is 359. The van der Waals surface area contributed by atoms with Crippen LogP contribution in [0.25, 0.3) is 0 Å². The quantitative estimate of drug-likeness (QED) is 0.484. The molecule has 0 saturated carbocycles. The molecule has 3 nitrogen and oxygen atoms in total. The monoisotopic (exact) mass is 296 g/mol. The molecule has 0 aliphatic heterocycles. The van der Waals surface area contributed by atoms with Gasteiger partial charge in [0.25, 0.3) is 0 Å². The van der Waals surface area contributed by atoms with Crippen molar-refractivity contribution in [1.82, 2.24) is 0 Å². The van der Waals surface area contributed by atoms with E-state index in [1.807, 2.05) is 6.08 Å². The van der Waals surface area contributed by atoms with E-state index in [2.05, 4.69) is 20.8 Å². The molecule has 122 valence electrons. The first-order valence-electron chi connectivity index (χ1n) is 8.47. The van der Waals surface area contributed by atoms with Crippen molar-refractivity contribution in [3.8, 4) is 0 Å². The fourth-order valence-electron chi connectivity index (χ4n) is 3.09. The SMILES string of the molecule is CCOC(=O)CC1(O)C=C(CC(CC)CCCC(C)C)C1. The molecule has 0 aromatic carbocycles. The third kappa shape index (κ3) is 6.64. The Hall–Kier alpha value is -0.830. The van der Waals surface area contributed by atoms with Gasteiger partial charge in [0.1, 0.15) is 0 Å². The zero-order valence-corrected chi connectivity index (χ0v) is 14.2. The lowest BCUT2D eigenvalue weighted by molar-refractivity contribution is -0.147. The lowest BCUT2D eigenvalue weighted by Gasteiger charge is -2.35. The average Bonchev–Trinajstić information content (AvgIpc) is 2.35. The first kappa shape index (κ1) is 18.2. The van der Waals surface area contributed by atoms with Crippen LogP contribution in [0.5, 0.6) is 0 Å².